The smallest absolute Gasteiger partial charge is 0.409 e. The molecule has 0 spiro atoms. The fourth-order valence-corrected chi connectivity index (χ4v) is 5.71. The molecule has 0 bridgehead atoms. The maximum atomic E-state index is 13.2. The number of hydrogen-bond donors (Lipinski definition) is 0. The molecule has 0 aliphatic carbocycles. The van der Waals surface area contributed by atoms with Gasteiger partial charge in [0.15, 0.2) is 11.5 Å². The molecule has 232 valence electrons. The molecule has 0 atom stereocenters. The van der Waals surface area contributed by atoms with E-state index < -0.39 is 0 Å². The zero-order valence-corrected chi connectivity index (χ0v) is 26.3. The molecule has 12 heteroatoms. The number of benzene rings is 2. The first-order chi connectivity index (χ1) is 20.9. The Morgan fingerprint density at radius 1 is 0.860 bits per heavy atom. The quantitative estimate of drug-likeness (QED) is 0.279. The number of hydrogen-bond acceptors (Lipinski definition) is 10. The average molecular weight is 613 g/mol. The number of ether oxygens (including phenoxy) is 5. The van der Waals surface area contributed by atoms with Gasteiger partial charge in [0.25, 0.3) is 5.91 Å². The lowest BCUT2D eigenvalue weighted by molar-refractivity contribution is 0.0566. The van der Waals surface area contributed by atoms with Crippen molar-refractivity contribution in [2.24, 2.45) is 0 Å². The fourth-order valence-electron chi connectivity index (χ4n) is 4.90. The lowest BCUT2D eigenvalue weighted by Gasteiger charge is -2.33. The van der Waals surface area contributed by atoms with Crippen molar-refractivity contribution in [2.45, 2.75) is 26.4 Å². The van der Waals surface area contributed by atoms with Crippen LogP contribution in [-0.4, -0.2) is 99.5 Å². The van der Waals surface area contributed by atoms with Crippen molar-refractivity contribution < 1.29 is 33.3 Å². The maximum absolute atomic E-state index is 13.2. The predicted molar refractivity (Wildman–Crippen MR) is 164 cm³/mol. The maximum Gasteiger partial charge on any atom is 0.409 e. The van der Waals surface area contributed by atoms with E-state index >= 15 is 0 Å². The van der Waals surface area contributed by atoms with E-state index in [1.165, 1.54) is 11.3 Å². The van der Waals surface area contributed by atoms with Gasteiger partial charge in [-0.3, -0.25) is 9.69 Å². The molecule has 11 nitrogen and oxygen atoms in total. The molecule has 0 N–H and O–H groups in total. The molecule has 1 aliphatic heterocycles. The van der Waals surface area contributed by atoms with Gasteiger partial charge < -0.3 is 33.5 Å². The Bertz CT molecular complexity index is 1370. The molecule has 2 heterocycles. The molecular weight excluding hydrogens is 572 g/mol. The van der Waals surface area contributed by atoms with Crippen LogP contribution in [0.4, 0.5) is 4.79 Å². The van der Waals surface area contributed by atoms with Crippen LogP contribution in [0.1, 0.15) is 33.5 Å². The summed E-state index contributed by atoms with van der Waals surface area (Å²) >= 11 is 1.47. The highest BCUT2D eigenvalue weighted by atomic mass is 32.1. The molecule has 1 saturated heterocycles. The topological polar surface area (TPSA) is 103 Å². The number of carbonyl (C=O) groups is 2. The minimum Gasteiger partial charge on any atom is -0.497 e. The SMILES string of the molecule is CCOC(=O)N1CCN(C(=O)c2csc(CN(CCc3ccc(OC)c(OC)c3)Cc3ccc(OC)cc3OC)n2)CC1. The third-order valence-electron chi connectivity index (χ3n) is 7.28. The van der Waals surface area contributed by atoms with E-state index in [4.69, 9.17) is 28.7 Å². The van der Waals surface area contributed by atoms with Crippen LogP contribution in [0, 0.1) is 0 Å². The van der Waals surface area contributed by atoms with Crippen molar-refractivity contribution in [1.82, 2.24) is 19.7 Å². The third kappa shape index (κ3) is 8.29. The van der Waals surface area contributed by atoms with E-state index in [0.717, 1.165) is 40.6 Å². The van der Waals surface area contributed by atoms with E-state index in [0.29, 0.717) is 63.1 Å². The van der Waals surface area contributed by atoms with Crippen LogP contribution in [0.5, 0.6) is 23.0 Å². The number of rotatable bonds is 13. The molecule has 2 amide bonds. The first kappa shape index (κ1) is 31.9. The average Bonchev–Trinajstić information content (AvgIpc) is 3.51. The number of methoxy groups -OCH3 is 4. The van der Waals surface area contributed by atoms with Gasteiger partial charge in [0.2, 0.25) is 0 Å². The molecule has 2 aromatic carbocycles. The Balaban J connectivity index is 1.47. The second kappa shape index (κ2) is 15.4. The largest absolute Gasteiger partial charge is 0.497 e. The van der Waals surface area contributed by atoms with Crippen LogP contribution in [0.15, 0.2) is 41.8 Å². The lowest BCUT2D eigenvalue weighted by Crippen LogP contribution is -2.50. The summed E-state index contributed by atoms with van der Waals surface area (Å²) in [5, 5.41) is 2.66. The highest BCUT2D eigenvalue weighted by molar-refractivity contribution is 7.09. The summed E-state index contributed by atoms with van der Waals surface area (Å²) in [6.07, 6.45) is 0.424. The van der Waals surface area contributed by atoms with Gasteiger partial charge in [-0.15, -0.1) is 11.3 Å². The molecule has 0 radical (unpaired) electrons. The summed E-state index contributed by atoms with van der Waals surface area (Å²) in [4.78, 5) is 35.6. The van der Waals surface area contributed by atoms with Gasteiger partial charge in [-0.25, -0.2) is 9.78 Å². The molecule has 3 aromatic rings. The van der Waals surface area contributed by atoms with Crippen LogP contribution >= 0.6 is 11.3 Å². The van der Waals surface area contributed by atoms with Gasteiger partial charge in [-0.2, -0.15) is 0 Å². The number of piperazine rings is 1. The van der Waals surface area contributed by atoms with Gasteiger partial charge in [-0.05, 0) is 37.1 Å². The Kier molecular flexibility index (Phi) is 11.5. The second-order valence-corrected chi connectivity index (χ2v) is 10.9. The van der Waals surface area contributed by atoms with E-state index in [2.05, 4.69) is 4.90 Å². The summed E-state index contributed by atoms with van der Waals surface area (Å²) in [7, 11) is 6.53. The number of amides is 2. The Labute approximate surface area is 256 Å². The molecular formula is C31H40N4O7S. The molecule has 0 saturated carbocycles. The number of aromatic nitrogens is 1. The van der Waals surface area contributed by atoms with Crippen molar-refractivity contribution in [2.75, 3.05) is 67.8 Å². The number of thiazole rings is 1. The summed E-state index contributed by atoms with van der Waals surface area (Å²) in [5.41, 5.74) is 2.55. The van der Waals surface area contributed by atoms with Gasteiger partial charge in [0.1, 0.15) is 22.2 Å². The summed E-state index contributed by atoms with van der Waals surface area (Å²) in [5.74, 6) is 2.72. The summed E-state index contributed by atoms with van der Waals surface area (Å²) in [6, 6.07) is 11.8. The number of nitrogens with zero attached hydrogens (tertiary/aromatic N) is 4. The van der Waals surface area contributed by atoms with Crippen LogP contribution in [0.3, 0.4) is 0 Å². The summed E-state index contributed by atoms with van der Waals surface area (Å²) < 4.78 is 27.0. The zero-order valence-electron chi connectivity index (χ0n) is 25.5. The van der Waals surface area contributed by atoms with Crippen LogP contribution in [-0.2, 0) is 24.2 Å². The Morgan fingerprint density at radius 2 is 1.58 bits per heavy atom. The molecule has 1 aliphatic rings. The molecule has 0 unspecified atom stereocenters. The zero-order chi connectivity index (χ0) is 30.8. The van der Waals surface area contributed by atoms with Gasteiger partial charge >= 0.3 is 6.09 Å². The van der Waals surface area contributed by atoms with Crippen molar-refractivity contribution in [3.05, 3.63) is 63.6 Å². The van der Waals surface area contributed by atoms with Crippen LogP contribution in [0.2, 0.25) is 0 Å². The molecule has 4 rings (SSSR count). The van der Waals surface area contributed by atoms with Crippen LogP contribution < -0.4 is 18.9 Å². The Morgan fingerprint density at radius 3 is 2.26 bits per heavy atom. The van der Waals surface area contributed by atoms with Gasteiger partial charge in [0.05, 0.1) is 41.6 Å². The monoisotopic (exact) mass is 612 g/mol. The number of carbonyl (C=O) groups excluding carboxylic acids is 2. The van der Waals surface area contributed by atoms with Crippen molar-refractivity contribution in [3.63, 3.8) is 0 Å². The molecule has 43 heavy (non-hydrogen) atoms. The minimum absolute atomic E-state index is 0.125. The van der Waals surface area contributed by atoms with Crippen molar-refractivity contribution >= 4 is 23.3 Å². The third-order valence-corrected chi connectivity index (χ3v) is 8.11. The predicted octanol–water partition coefficient (Wildman–Crippen LogP) is 4.34. The highest BCUT2D eigenvalue weighted by Crippen LogP contribution is 2.29. The molecule has 1 aromatic heterocycles. The van der Waals surface area contributed by atoms with E-state index in [1.807, 2.05) is 41.8 Å². The molecule has 1 fully saturated rings. The van der Waals surface area contributed by atoms with Gasteiger partial charge in [0, 0.05) is 56.3 Å². The van der Waals surface area contributed by atoms with Gasteiger partial charge in [-0.1, -0.05) is 12.1 Å². The van der Waals surface area contributed by atoms with Crippen molar-refractivity contribution in [1.29, 1.82) is 0 Å². The van der Waals surface area contributed by atoms with E-state index in [9.17, 15) is 9.59 Å². The lowest BCUT2D eigenvalue weighted by atomic mass is 10.1. The standard InChI is InChI=1S/C31H40N4O7S/c1-6-42-31(37)35-15-13-34(14-16-35)30(36)25-21-43-29(32-25)20-33(19-23-8-9-24(38-2)18-27(23)40-4)12-11-22-7-10-26(39-3)28(17-22)41-5/h7-10,17-18,21H,6,11-16,19-20H2,1-5H3. The fraction of sp³-hybridized carbons (Fsp3) is 0.452. The van der Waals surface area contributed by atoms with E-state index in [1.54, 1.807) is 45.2 Å². The minimum atomic E-state index is -0.341. The second-order valence-electron chi connectivity index (χ2n) is 9.93. The Hall–Kier alpha value is -4.03. The highest BCUT2D eigenvalue weighted by Gasteiger charge is 2.27. The van der Waals surface area contributed by atoms with Crippen molar-refractivity contribution in [3.8, 4) is 23.0 Å². The van der Waals surface area contributed by atoms with E-state index in [-0.39, 0.29) is 12.0 Å². The first-order valence-corrected chi connectivity index (χ1v) is 15.1. The normalized spacial score (nSPS) is 13.2. The van der Waals surface area contributed by atoms with Crippen LogP contribution in [0.25, 0.3) is 0 Å². The summed E-state index contributed by atoms with van der Waals surface area (Å²) in [6.45, 7) is 5.76. The first-order valence-electron chi connectivity index (χ1n) is 14.2.